The average Bonchev–Trinajstić information content (AvgIpc) is 1.83. The third-order valence-electron chi connectivity index (χ3n) is 0.499. The lowest BCUT2D eigenvalue weighted by Gasteiger charge is -1.94. The molecular weight excluding hydrogens is 155 g/mol. The van der Waals surface area contributed by atoms with Crippen LogP contribution in [0.2, 0.25) is 0 Å². The third kappa shape index (κ3) is 8.11. The van der Waals surface area contributed by atoms with Crippen LogP contribution in [0.1, 0.15) is 13.3 Å². The number of hydrogen-bond acceptors (Lipinski definition) is 4. The first-order valence-corrected chi connectivity index (χ1v) is 3.52. The van der Waals surface area contributed by atoms with Crippen molar-refractivity contribution < 1.29 is 18.7 Å². The molecule has 54 valence electrons. The predicted molar refractivity (Wildman–Crippen MR) is 36.3 cm³/mol. The lowest BCUT2D eigenvalue weighted by atomic mass is 10.5. The van der Waals surface area contributed by atoms with Gasteiger partial charge in [0.25, 0.3) is 0 Å². The molecule has 0 fully saturated rings. The maximum Gasteiger partial charge on any atom is 0.800 e. The van der Waals surface area contributed by atoms with E-state index >= 15 is 0 Å². The number of rotatable bonds is 4. The van der Waals surface area contributed by atoms with Gasteiger partial charge in [0.15, 0.2) is 17.4 Å². The Balaban J connectivity index is 0. The largest absolute Gasteiger partial charge is 0.800 e. The fourth-order valence-electron chi connectivity index (χ4n) is 0.212. The van der Waals surface area contributed by atoms with Crippen molar-refractivity contribution in [1.29, 1.82) is 0 Å². The van der Waals surface area contributed by atoms with Crippen LogP contribution < -0.4 is 0 Å². The molecule has 4 nitrogen and oxygen atoms in total. The van der Waals surface area contributed by atoms with Gasteiger partial charge in [0, 0.05) is 0 Å². The lowest BCUT2D eigenvalue weighted by Crippen LogP contribution is -2.09. The Labute approximate surface area is 65.7 Å². The molecule has 0 spiro atoms. The van der Waals surface area contributed by atoms with E-state index in [4.69, 9.17) is 5.26 Å². The Morgan fingerprint density at radius 2 is 2.22 bits per heavy atom. The van der Waals surface area contributed by atoms with Gasteiger partial charge in [-0.1, -0.05) is 6.92 Å². The molecule has 0 aromatic rings. The van der Waals surface area contributed by atoms with Gasteiger partial charge < -0.3 is 9.00 Å². The first kappa shape index (κ1) is 11.9. The Kier molecular flexibility index (Phi) is 10.7. The summed E-state index contributed by atoms with van der Waals surface area (Å²) in [4.78, 5) is 0. The summed E-state index contributed by atoms with van der Waals surface area (Å²) in [5, 5.41) is 7.67. The van der Waals surface area contributed by atoms with Gasteiger partial charge in [-0.15, -0.1) is 0 Å². The quantitative estimate of drug-likeness (QED) is 0.335. The minimum absolute atomic E-state index is 0. The molecular formula is C3H11AlO4Si. The van der Waals surface area contributed by atoms with Crippen molar-refractivity contribution in [1.82, 2.24) is 0 Å². The summed E-state index contributed by atoms with van der Waals surface area (Å²) < 4.78 is 17.9. The van der Waals surface area contributed by atoms with E-state index in [0.717, 1.165) is 6.42 Å². The SMILES string of the molecule is CCCO[Si](=O)OO.[AlH3]. The fourth-order valence-corrected chi connectivity index (χ4v) is 0.635. The monoisotopic (exact) mass is 166 g/mol. The van der Waals surface area contributed by atoms with Gasteiger partial charge in [0.2, 0.25) is 0 Å². The summed E-state index contributed by atoms with van der Waals surface area (Å²) in [5.41, 5.74) is 0. The van der Waals surface area contributed by atoms with Crippen LogP contribution in [-0.4, -0.2) is 38.4 Å². The zero-order valence-corrected chi connectivity index (χ0v) is 5.59. The van der Waals surface area contributed by atoms with E-state index < -0.39 is 9.17 Å². The molecule has 0 radical (unpaired) electrons. The highest BCUT2D eigenvalue weighted by Crippen LogP contribution is 1.78. The molecule has 0 heterocycles. The average molecular weight is 166 g/mol. The summed E-state index contributed by atoms with van der Waals surface area (Å²) in [6.45, 7) is 2.23. The van der Waals surface area contributed by atoms with Crippen LogP contribution in [0.5, 0.6) is 0 Å². The van der Waals surface area contributed by atoms with Crippen molar-refractivity contribution in [3.8, 4) is 0 Å². The van der Waals surface area contributed by atoms with E-state index in [1.807, 2.05) is 6.92 Å². The van der Waals surface area contributed by atoms with Crippen LogP contribution >= 0.6 is 0 Å². The van der Waals surface area contributed by atoms with Crippen LogP contribution in [0.25, 0.3) is 0 Å². The molecule has 0 amide bonds. The molecule has 0 aromatic heterocycles. The smallest absolute Gasteiger partial charge is 0.495 e. The maximum absolute atomic E-state index is 10.1. The van der Waals surface area contributed by atoms with E-state index in [1.165, 1.54) is 0 Å². The molecule has 0 unspecified atom stereocenters. The van der Waals surface area contributed by atoms with Crippen molar-refractivity contribution in [3.05, 3.63) is 0 Å². The van der Waals surface area contributed by atoms with Gasteiger partial charge in [-0.05, 0) is 6.42 Å². The Morgan fingerprint density at radius 1 is 1.67 bits per heavy atom. The summed E-state index contributed by atoms with van der Waals surface area (Å²) in [6, 6.07) is 0. The topological polar surface area (TPSA) is 55.8 Å². The second-order valence-electron chi connectivity index (χ2n) is 1.19. The van der Waals surface area contributed by atoms with Crippen molar-refractivity contribution in [2.45, 2.75) is 13.3 Å². The Bertz CT molecular complexity index is 78.2. The van der Waals surface area contributed by atoms with E-state index in [2.05, 4.69) is 9.00 Å². The van der Waals surface area contributed by atoms with Gasteiger partial charge in [-0.25, -0.2) is 5.26 Å². The highest BCUT2D eigenvalue weighted by molar-refractivity contribution is 6.25. The third-order valence-corrected chi connectivity index (χ3v) is 1.09. The molecule has 0 rings (SSSR count). The lowest BCUT2D eigenvalue weighted by molar-refractivity contribution is -0.166. The molecule has 0 aliphatic carbocycles. The first-order chi connectivity index (χ1) is 3.81. The van der Waals surface area contributed by atoms with Gasteiger partial charge in [-0.2, -0.15) is 0 Å². The van der Waals surface area contributed by atoms with Crippen molar-refractivity contribution in [2.75, 3.05) is 6.61 Å². The first-order valence-electron chi connectivity index (χ1n) is 2.29. The van der Waals surface area contributed by atoms with Gasteiger partial charge in [0.1, 0.15) is 0 Å². The summed E-state index contributed by atoms with van der Waals surface area (Å²) in [5.74, 6) is 0. The van der Waals surface area contributed by atoms with Crippen LogP contribution in [0.3, 0.4) is 0 Å². The molecule has 1 N–H and O–H groups in total. The zero-order chi connectivity index (χ0) is 6.41. The van der Waals surface area contributed by atoms with Gasteiger partial charge >= 0.3 is 9.17 Å². The molecule has 6 heteroatoms. The molecule has 0 aliphatic rings. The molecule has 0 aromatic carbocycles. The van der Waals surface area contributed by atoms with Crippen LogP contribution in [-0.2, 0) is 13.5 Å². The van der Waals surface area contributed by atoms with Gasteiger partial charge in [-0.3, -0.25) is 4.46 Å². The van der Waals surface area contributed by atoms with E-state index in [0.29, 0.717) is 6.61 Å². The summed E-state index contributed by atoms with van der Waals surface area (Å²) in [7, 11) is -2.59. The second kappa shape index (κ2) is 8.11. The fraction of sp³-hybridized carbons (Fsp3) is 1.00. The zero-order valence-electron chi connectivity index (χ0n) is 4.59. The molecule has 0 bridgehead atoms. The standard InChI is InChI=1S/C3H8O4Si.Al.3H/c1-2-3-6-8(5)7-4;;;;/h4H,2-3H2,1H3;;;;. The Hall–Kier alpha value is 0.109. The molecule has 0 atom stereocenters. The maximum atomic E-state index is 10.1. The molecule has 9 heavy (non-hydrogen) atoms. The minimum Gasteiger partial charge on any atom is -0.495 e. The highest BCUT2D eigenvalue weighted by Gasteiger charge is 2.07. The van der Waals surface area contributed by atoms with E-state index in [1.54, 1.807) is 0 Å². The van der Waals surface area contributed by atoms with Crippen LogP contribution in [0, 0.1) is 0 Å². The van der Waals surface area contributed by atoms with Crippen LogP contribution in [0.15, 0.2) is 0 Å². The summed E-state index contributed by atoms with van der Waals surface area (Å²) >= 11 is 0. The highest BCUT2D eigenvalue weighted by atomic mass is 28.3. The molecule has 0 saturated carbocycles. The Morgan fingerprint density at radius 3 is 2.56 bits per heavy atom. The second-order valence-corrected chi connectivity index (χ2v) is 2.16. The van der Waals surface area contributed by atoms with Crippen molar-refractivity contribution in [2.24, 2.45) is 0 Å². The van der Waals surface area contributed by atoms with Crippen LogP contribution in [0.4, 0.5) is 0 Å². The summed E-state index contributed by atoms with van der Waals surface area (Å²) in [6.07, 6.45) is 0.764. The predicted octanol–water partition coefficient (Wildman–Crippen LogP) is -0.866. The van der Waals surface area contributed by atoms with Gasteiger partial charge in [0.05, 0.1) is 6.61 Å². The van der Waals surface area contributed by atoms with Crippen molar-refractivity contribution >= 4 is 26.5 Å². The van der Waals surface area contributed by atoms with Crippen molar-refractivity contribution in [3.63, 3.8) is 0 Å². The molecule has 0 saturated heterocycles. The minimum atomic E-state index is -2.59. The van der Waals surface area contributed by atoms with E-state index in [9.17, 15) is 4.46 Å². The number of hydrogen-bond donors (Lipinski definition) is 1. The molecule has 0 aliphatic heterocycles. The van der Waals surface area contributed by atoms with E-state index in [-0.39, 0.29) is 17.4 Å². The normalized spacial score (nSPS) is 7.33.